The van der Waals surface area contributed by atoms with Gasteiger partial charge in [0, 0.05) is 86.1 Å². The number of nitrogens with one attached hydrogen (secondary N) is 5. The molecule has 12 heterocycles. The molecule has 0 atom stereocenters. The smallest absolute Gasteiger partial charge is 0.229 e. The van der Waals surface area contributed by atoms with Gasteiger partial charge in [-0.1, -0.05) is 54.6 Å². The van der Waals surface area contributed by atoms with Crippen molar-refractivity contribution < 1.29 is 0 Å². The number of nitrogens with zero attached hydrogens (tertiary/aromatic N) is 22. The third-order valence-corrected chi connectivity index (χ3v) is 15.1. The lowest BCUT2D eigenvalue weighted by molar-refractivity contribution is 0.532. The van der Waals surface area contributed by atoms with Crippen molar-refractivity contribution in [2.24, 2.45) is 7.05 Å². The molecule has 0 bridgehead atoms. The lowest BCUT2D eigenvalue weighted by atomic mass is 10.1. The summed E-state index contributed by atoms with van der Waals surface area (Å²) in [6.45, 7) is 6.63. The van der Waals surface area contributed by atoms with Crippen LogP contribution in [0.2, 0.25) is 0 Å². The summed E-state index contributed by atoms with van der Waals surface area (Å²) < 4.78 is 13.2. The van der Waals surface area contributed by atoms with Crippen molar-refractivity contribution in [2.75, 3.05) is 16.0 Å². The van der Waals surface area contributed by atoms with E-state index in [0.29, 0.717) is 68.3 Å². The molecule has 0 amide bonds. The van der Waals surface area contributed by atoms with E-state index >= 15 is 0 Å². The van der Waals surface area contributed by atoms with Crippen molar-refractivity contribution in [3.63, 3.8) is 0 Å². The first kappa shape index (κ1) is 52.7. The Balaban J connectivity index is 0.650. The Bertz CT molecular complexity index is 4930. The maximum absolute atomic E-state index is 5.03. The van der Waals surface area contributed by atoms with Crippen LogP contribution in [0.4, 0.5) is 34.9 Å². The molecule has 0 aliphatic heterocycles. The summed E-state index contributed by atoms with van der Waals surface area (Å²) in [4.78, 5) is 29.2. The zero-order valence-corrected chi connectivity index (χ0v) is 47.8. The topological polar surface area (TPSA) is 296 Å². The Hall–Kier alpha value is -12.0. The summed E-state index contributed by atoms with van der Waals surface area (Å²) in [7, 11) is 1.87. The number of aryl methyl sites for hydroxylation is 3. The van der Waals surface area contributed by atoms with E-state index in [1.165, 1.54) is 0 Å². The van der Waals surface area contributed by atoms with Crippen LogP contribution in [-0.2, 0) is 46.2 Å². The molecule has 27 heteroatoms. The van der Waals surface area contributed by atoms with E-state index in [1.807, 2.05) is 84.6 Å². The van der Waals surface area contributed by atoms with E-state index in [2.05, 4.69) is 150 Å². The molecule has 3 aromatic carbocycles. The number of hydrogen-bond donors (Lipinski definition) is 5. The molecule has 0 aliphatic rings. The van der Waals surface area contributed by atoms with E-state index in [9.17, 15) is 0 Å². The van der Waals surface area contributed by atoms with Crippen LogP contribution in [0.3, 0.4) is 0 Å². The SMILES string of the molecule is CC(C)n1cc(-c2cccc(Cn3ncc4c(CCn5cc(-c6cccc(Cn7ncc8c(Cn9cc(-c%10cccc(Cn%11ncc%12cnc(Nc%13cn[nH]c%13)nc%12%11)c%10)cn9)nc(Nc9cn[nH]c9)nc87)c6)cn5)nc(Nc5cnn(C)c5)nc43)c2)cn1. The molecule has 0 unspecified atom stereocenters. The number of aromatic amines is 2. The van der Waals surface area contributed by atoms with Crippen molar-refractivity contribution >= 4 is 68.0 Å². The summed E-state index contributed by atoms with van der Waals surface area (Å²) in [5.74, 6) is 1.31. The molecule has 15 rings (SSSR count). The molecule has 15 aromatic rings. The van der Waals surface area contributed by atoms with Crippen LogP contribution in [0.25, 0.3) is 66.5 Å². The van der Waals surface area contributed by atoms with Gasteiger partial charge >= 0.3 is 0 Å². The van der Waals surface area contributed by atoms with Crippen molar-refractivity contribution in [1.29, 1.82) is 0 Å². The quantitative estimate of drug-likeness (QED) is 0.0448. The lowest BCUT2D eigenvalue weighted by Crippen LogP contribution is -2.08. The van der Waals surface area contributed by atoms with Gasteiger partial charge in [0.1, 0.15) is 0 Å². The van der Waals surface area contributed by atoms with Gasteiger partial charge in [0.2, 0.25) is 17.8 Å². The standard InChI is InChI=1S/C61H55N27/c1-38(2)85-35-48(22-70-85)44-12-6-9-41(17-44)31-87-57-52(28-72-87)54(77-61(80-57)76-51-27-67-82(3)36-51)13-14-83-33-46(20-68-83)42-10-5-8-40(16-42)32-88-58-53(29-73-88)55(78-60(81-58)75-50-25-65-66-26-50)37-84-34-47(21-69-84)43-11-4-7-39(15-43)30-86-56-45(19-71-86)18-62-59(79-56)74-49-23-63-64-24-49/h4-12,15-29,33-36,38H,13-14,30-32,37H2,1-3H3,(H,63,64)(H,65,66)(H,62,74,79)(H,75,78,81)(H,76,77,80). The van der Waals surface area contributed by atoms with E-state index < -0.39 is 0 Å². The van der Waals surface area contributed by atoms with Crippen molar-refractivity contribution in [2.45, 2.75) is 59.0 Å². The molecule has 88 heavy (non-hydrogen) atoms. The number of anilines is 6. The van der Waals surface area contributed by atoms with Crippen LogP contribution >= 0.6 is 0 Å². The zero-order valence-electron chi connectivity index (χ0n) is 47.8. The Morgan fingerprint density at radius 3 is 1.57 bits per heavy atom. The molecule has 0 saturated heterocycles. The van der Waals surface area contributed by atoms with Gasteiger partial charge in [-0.2, -0.15) is 60.8 Å². The number of fused-ring (bicyclic) bond motifs is 3. The van der Waals surface area contributed by atoms with Crippen LogP contribution in [0.15, 0.2) is 172 Å². The fraction of sp³-hybridized carbons (Fsp3) is 0.164. The number of H-pyrrole nitrogens is 2. The van der Waals surface area contributed by atoms with Gasteiger partial charge in [-0.15, -0.1) is 0 Å². The minimum atomic E-state index is 0.271. The summed E-state index contributed by atoms with van der Waals surface area (Å²) in [6.07, 6.45) is 30.1. The van der Waals surface area contributed by atoms with E-state index in [4.69, 9.17) is 45.3 Å². The third kappa shape index (κ3) is 11.0. The fourth-order valence-corrected chi connectivity index (χ4v) is 10.7. The monoisotopic (exact) mass is 1170 g/mol. The van der Waals surface area contributed by atoms with Crippen LogP contribution < -0.4 is 16.0 Å². The Morgan fingerprint density at radius 2 is 0.977 bits per heavy atom. The van der Waals surface area contributed by atoms with Crippen molar-refractivity contribution in [3.8, 4) is 33.4 Å². The summed E-state index contributed by atoms with van der Waals surface area (Å²) in [6, 6.07) is 25.5. The second kappa shape index (κ2) is 22.5. The molecule has 27 nitrogen and oxygen atoms in total. The maximum Gasteiger partial charge on any atom is 0.229 e. The molecular weight excluding hydrogens is 1110 g/mol. The second-order valence-corrected chi connectivity index (χ2v) is 21.7. The van der Waals surface area contributed by atoms with Crippen LogP contribution in [0.1, 0.15) is 48.0 Å². The molecule has 0 saturated carbocycles. The first-order chi connectivity index (χ1) is 43.2. The second-order valence-electron chi connectivity index (χ2n) is 21.7. The highest BCUT2D eigenvalue weighted by molar-refractivity contribution is 5.81. The predicted molar refractivity (Wildman–Crippen MR) is 330 cm³/mol. The molecular formula is C61H55N27. The van der Waals surface area contributed by atoms with Gasteiger partial charge in [-0.3, -0.25) is 28.9 Å². The number of aromatic nitrogens is 24. The van der Waals surface area contributed by atoms with Gasteiger partial charge < -0.3 is 16.0 Å². The average Bonchev–Trinajstić information content (AvgIpc) is 4.58. The highest BCUT2D eigenvalue weighted by atomic mass is 15.3. The van der Waals surface area contributed by atoms with Crippen LogP contribution in [-0.4, -0.2) is 119 Å². The van der Waals surface area contributed by atoms with Crippen molar-refractivity contribution in [3.05, 3.63) is 200 Å². The molecule has 0 aliphatic carbocycles. The normalized spacial score (nSPS) is 11.7. The lowest BCUT2D eigenvalue weighted by Gasteiger charge is -2.10. The Labute approximate surface area is 500 Å². The Morgan fingerprint density at radius 1 is 0.443 bits per heavy atom. The highest BCUT2D eigenvalue weighted by Gasteiger charge is 2.19. The highest BCUT2D eigenvalue weighted by Crippen LogP contribution is 2.29. The first-order valence-corrected chi connectivity index (χ1v) is 28.5. The van der Waals surface area contributed by atoms with E-state index in [0.717, 1.165) is 100 Å². The molecule has 5 N–H and O–H groups in total. The minimum Gasteiger partial charge on any atom is -0.321 e. The fourth-order valence-electron chi connectivity index (χ4n) is 10.7. The maximum atomic E-state index is 5.03. The summed E-state index contributed by atoms with van der Waals surface area (Å²) in [5.41, 5.74) is 15.2. The van der Waals surface area contributed by atoms with Gasteiger partial charge in [-0.25, -0.2) is 29.0 Å². The number of rotatable bonds is 21. The third-order valence-electron chi connectivity index (χ3n) is 15.1. The van der Waals surface area contributed by atoms with Gasteiger partial charge in [0.25, 0.3) is 0 Å². The van der Waals surface area contributed by atoms with Gasteiger partial charge in [0.05, 0.1) is 127 Å². The van der Waals surface area contributed by atoms with Gasteiger partial charge in [-0.05, 0) is 65.4 Å². The molecule has 0 spiro atoms. The number of hydrogen-bond acceptors (Lipinski definition) is 18. The van der Waals surface area contributed by atoms with E-state index in [-0.39, 0.29) is 6.04 Å². The predicted octanol–water partition coefficient (Wildman–Crippen LogP) is 9.12. The largest absolute Gasteiger partial charge is 0.321 e. The molecule has 434 valence electrons. The molecule has 0 fully saturated rings. The first-order valence-electron chi connectivity index (χ1n) is 28.5. The number of benzene rings is 3. The molecule has 12 aromatic heterocycles. The Kier molecular flexibility index (Phi) is 13.5. The summed E-state index contributed by atoms with van der Waals surface area (Å²) in [5, 5.41) is 59.1. The zero-order chi connectivity index (χ0) is 59.1. The van der Waals surface area contributed by atoms with Crippen LogP contribution in [0.5, 0.6) is 0 Å². The summed E-state index contributed by atoms with van der Waals surface area (Å²) >= 11 is 0. The minimum absolute atomic E-state index is 0.271. The van der Waals surface area contributed by atoms with Crippen LogP contribution in [0, 0.1) is 0 Å². The van der Waals surface area contributed by atoms with Crippen molar-refractivity contribution in [1.82, 2.24) is 119 Å². The van der Waals surface area contributed by atoms with E-state index in [1.54, 1.807) is 48.1 Å². The molecule has 0 radical (unpaired) electrons. The average molecular weight is 1170 g/mol. The van der Waals surface area contributed by atoms with Gasteiger partial charge in [0.15, 0.2) is 16.9 Å².